The number of rotatable bonds is 3. The van der Waals surface area contributed by atoms with E-state index in [-0.39, 0.29) is 22.9 Å². The first-order valence-corrected chi connectivity index (χ1v) is 9.71. The summed E-state index contributed by atoms with van der Waals surface area (Å²) in [5.74, 6) is -0.473. The first-order chi connectivity index (χ1) is 14.4. The lowest BCUT2D eigenvalue weighted by molar-refractivity contribution is -0.130. The van der Waals surface area contributed by atoms with Crippen LogP contribution in [0, 0.1) is 0 Å². The molecule has 1 saturated carbocycles. The summed E-state index contributed by atoms with van der Waals surface area (Å²) in [5, 5.41) is 7.71. The first-order valence-electron chi connectivity index (χ1n) is 9.71. The van der Waals surface area contributed by atoms with Crippen molar-refractivity contribution in [2.24, 2.45) is 10.2 Å². The molecule has 2 aromatic rings. The van der Waals surface area contributed by atoms with Crippen LogP contribution in [0.3, 0.4) is 0 Å². The molecule has 3 aliphatic rings. The maximum absolute atomic E-state index is 13.2. The van der Waals surface area contributed by atoms with E-state index < -0.39 is 24.7 Å². The number of fused-ring (bicyclic) bond motifs is 3. The van der Waals surface area contributed by atoms with E-state index in [9.17, 15) is 18.0 Å². The minimum absolute atomic E-state index is 0.0963. The molecule has 0 aromatic carbocycles. The van der Waals surface area contributed by atoms with Crippen molar-refractivity contribution in [2.45, 2.75) is 43.8 Å². The van der Waals surface area contributed by atoms with Crippen LogP contribution in [-0.4, -0.2) is 33.6 Å². The maximum Gasteiger partial charge on any atom is 0.406 e. The summed E-state index contributed by atoms with van der Waals surface area (Å²) in [7, 11) is 0. The van der Waals surface area contributed by atoms with E-state index in [4.69, 9.17) is 0 Å². The summed E-state index contributed by atoms with van der Waals surface area (Å²) < 4.78 is 39.7. The van der Waals surface area contributed by atoms with Gasteiger partial charge < -0.3 is 0 Å². The number of aromatic nitrogens is 3. The molecule has 7 nitrogen and oxygen atoms in total. The molecule has 0 radical (unpaired) electrons. The van der Waals surface area contributed by atoms with Gasteiger partial charge >= 0.3 is 6.18 Å². The molecular formula is C20H17F3N6O. The summed E-state index contributed by atoms with van der Waals surface area (Å²) in [5.41, 5.74) is 2.66. The van der Waals surface area contributed by atoms with Crippen molar-refractivity contribution >= 4 is 11.6 Å². The van der Waals surface area contributed by atoms with Gasteiger partial charge in [-0.25, -0.2) is 9.97 Å². The Hall–Kier alpha value is -3.17. The molecule has 0 saturated heterocycles. The third kappa shape index (κ3) is 3.16. The molecule has 0 bridgehead atoms. The summed E-state index contributed by atoms with van der Waals surface area (Å²) in [6.07, 6.45) is 5.63. The summed E-state index contributed by atoms with van der Waals surface area (Å²) in [6, 6.07) is 0.792. The van der Waals surface area contributed by atoms with E-state index in [1.165, 1.54) is 12.5 Å². The average molecular weight is 414 g/mol. The number of anilines is 1. The molecule has 0 N–H and O–H groups in total. The third-order valence-corrected chi connectivity index (χ3v) is 5.75. The van der Waals surface area contributed by atoms with Gasteiger partial charge in [-0.3, -0.25) is 14.7 Å². The molecule has 154 valence electrons. The molecule has 4 heterocycles. The highest BCUT2D eigenvalue weighted by atomic mass is 19.4. The minimum atomic E-state index is -4.56. The van der Waals surface area contributed by atoms with Crippen molar-refractivity contribution in [3.05, 3.63) is 47.9 Å². The molecule has 1 fully saturated rings. The number of amides is 1. The Morgan fingerprint density at radius 2 is 1.90 bits per heavy atom. The van der Waals surface area contributed by atoms with Gasteiger partial charge in [-0.05, 0) is 18.9 Å². The van der Waals surface area contributed by atoms with E-state index in [1.807, 2.05) is 0 Å². The number of carbonyl (C=O) groups is 1. The lowest BCUT2D eigenvalue weighted by atomic mass is 9.93. The second-order valence-corrected chi connectivity index (χ2v) is 7.66. The lowest BCUT2D eigenvalue weighted by Crippen LogP contribution is -2.43. The minimum Gasteiger partial charge on any atom is -0.297 e. The van der Waals surface area contributed by atoms with Crippen LogP contribution in [0.25, 0.3) is 11.1 Å². The van der Waals surface area contributed by atoms with Crippen molar-refractivity contribution in [1.29, 1.82) is 0 Å². The Balaban J connectivity index is 1.63. The zero-order valence-electron chi connectivity index (χ0n) is 15.8. The number of carbonyl (C=O) groups excluding carboxylic acids is 1. The molecular weight excluding hydrogens is 397 g/mol. The van der Waals surface area contributed by atoms with Crippen LogP contribution in [0.2, 0.25) is 0 Å². The van der Waals surface area contributed by atoms with Crippen molar-refractivity contribution < 1.29 is 18.0 Å². The van der Waals surface area contributed by atoms with Gasteiger partial charge in [-0.2, -0.15) is 23.4 Å². The van der Waals surface area contributed by atoms with Crippen molar-refractivity contribution in [1.82, 2.24) is 15.0 Å². The van der Waals surface area contributed by atoms with E-state index in [1.54, 1.807) is 18.5 Å². The standard InChI is InChI=1S/C20H17F3N6O/c21-20(22,23)9-29-15-5-12(6-25-18(15)17-14(19(29)30)8-27-28-17)13-7-24-10-26-16(13)11-3-1-2-4-11/h5-8,10-11,17H,1-4,9H2. The van der Waals surface area contributed by atoms with Gasteiger partial charge in [0.15, 0.2) is 0 Å². The van der Waals surface area contributed by atoms with E-state index >= 15 is 0 Å². The molecule has 2 aromatic heterocycles. The number of hydrogen-bond donors (Lipinski definition) is 0. The Labute approximate surface area is 169 Å². The first kappa shape index (κ1) is 18.8. The quantitative estimate of drug-likeness (QED) is 0.741. The van der Waals surface area contributed by atoms with E-state index in [0.29, 0.717) is 10.5 Å². The topological polar surface area (TPSA) is 83.7 Å². The van der Waals surface area contributed by atoms with Crippen molar-refractivity contribution in [3.8, 4) is 11.1 Å². The van der Waals surface area contributed by atoms with Crippen LogP contribution >= 0.6 is 0 Å². The second kappa shape index (κ2) is 6.96. The molecule has 10 heteroatoms. The van der Waals surface area contributed by atoms with Crippen LogP contribution in [-0.2, 0) is 4.79 Å². The molecule has 0 spiro atoms. The highest BCUT2D eigenvalue weighted by Crippen LogP contribution is 2.44. The average Bonchev–Trinajstić information content (AvgIpc) is 3.42. The number of halogens is 3. The van der Waals surface area contributed by atoms with Crippen LogP contribution in [0.1, 0.15) is 49.0 Å². The van der Waals surface area contributed by atoms with Gasteiger partial charge in [-0.15, -0.1) is 0 Å². The fraction of sp³-hybridized carbons (Fsp3) is 0.400. The zero-order valence-corrected chi connectivity index (χ0v) is 15.8. The third-order valence-electron chi connectivity index (χ3n) is 5.75. The highest BCUT2D eigenvalue weighted by molar-refractivity contribution is 6.09. The Kier molecular flexibility index (Phi) is 4.37. The number of nitrogens with zero attached hydrogens (tertiary/aromatic N) is 6. The summed E-state index contributed by atoms with van der Waals surface area (Å²) in [6.45, 7) is -1.41. The zero-order chi connectivity index (χ0) is 20.9. The normalized spacial score (nSPS) is 21.0. The number of azo groups is 1. The lowest BCUT2D eigenvalue weighted by Gasteiger charge is -2.32. The van der Waals surface area contributed by atoms with Gasteiger partial charge in [0.05, 0.1) is 28.8 Å². The molecule has 1 unspecified atom stereocenters. The van der Waals surface area contributed by atoms with Gasteiger partial charge in [0.2, 0.25) is 0 Å². The summed E-state index contributed by atoms with van der Waals surface area (Å²) >= 11 is 0. The van der Waals surface area contributed by atoms with Crippen molar-refractivity contribution in [2.75, 3.05) is 11.4 Å². The molecule has 1 aliphatic carbocycles. The molecule has 30 heavy (non-hydrogen) atoms. The fourth-order valence-electron chi connectivity index (χ4n) is 4.39. The van der Waals surface area contributed by atoms with Crippen LogP contribution in [0.5, 0.6) is 0 Å². The van der Waals surface area contributed by atoms with Gasteiger partial charge in [0, 0.05) is 29.4 Å². The van der Waals surface area contributed by atoms with Crippen molar-refractivity contribution in [3.63, 3.8) is 0 Å². The molecule has 1 amide bonds. The molecule has 5 rings (SSSR count). The Morgan fingerprint density at radius 1 is 1.10 bits per heavy atom. The smallest absolute Gasteiger partial charge is 0.297 e. The number of hydrogen-bond acceptors (Lipinski definition) is 6. The Morgan fingerprint density at radius 3 is 2.67 bits per heavy atom. The second-order valence-electron chi connectivity index (χ2n) is 7.66. The maximum atomic E-state index is 13.2. The fourth-order valence-corrected chi connectivity index (χ4v) is 4.39. The van der Waals surface area contributed by atoms with Crippen LogP contribution in [0.15, 0.2) is 46.8 Å². The van der Waals surface area contributed by atoms with E-state index in [2.05, 4.69) is 25.2 Å². The predicted octanol–water partition coefficient (Wildman–Crippen LogP) is 4.50. The summed E-state index contributed by atoms with van der Waals surface area (Å²) in [4.78, 5) is 26.4. The molecule has 2 aliphatic heterocycles. The number of alkyl halides is 3. The van der Waals surface area contributed by atoms with E-state index in [0.717, 1.165) is 36.9 Å². The van der Waals surface area contributed by atoms with Gasteiger partial charge in [-0.1, -0.05) is 12.8 Å². The Bertz CT molecular complexity index is 1070. The SMILES string of the molecule is O=C1C2=CN=NC2c2ncc(-c3cncnc3C3CCCC3)cc2N1CC(F)(F)F. The van der Waals surface area contributed by atoms with Gasteiger partial charge in [0.1, 0.15) is 18.9 Å². The molecule has 1 atom stereocenters. The van der Waals surface area contributed by atoms with Gasteiger partial charge in [0.25, 0.3) is 5.91 Å². The monoisotopic (exact) mass is 414 g/mol. The predicted molar refractivity (Wildman–Crippen MR) is 101 cm³/mol. The van der Waals surface area contributed by atoms with Crippen LogP contribution < -0.4 is 4.90 Å². The van der Waals surface area contributed by atoms with Crippen LogP contribution in [0.4, 0.5) is 18.9 Å². The highest BCUT2D eigenvalue weighted by Gasteiger charge is 2.44. The number of pyridine rings is 1. The largest absolute Gasteiger partial charge is 0.406 e.